The van der Waals surface area contributed by atoms with Crippen molar-refractivity contribution in [1.82, 2.24) is 24.8 Å². The number of rotatable bonds is 14. The highest BCUT2D eigenvalue weighted by molar-refractivity contribution is 7.90. The highest BCUT2D eigenvalue weighted by Gasteiger charge is 2.36. The number of ether oxygens (including phenoxy) is 2. The Kier molecular flexibility index (Phi) is 12.2. The molecule has 4 aliphatic rings. The van der Waals surface area contributed by atoms with E-state index in [0.29, 0.717) is 56.8 Å². The van der Waals surface area contributed by atoms with Crippen LogP contribution in [0.5, 0.6) is 0 Å². The molecule has 0 spiro atoms. The number of nitrogens with zero attached hydrogens (tertiary/aromatic N) is 7. The number of hydrogen-bond acceptors (Lipinski definition) is 12. The van der Waals surface area contributed by atoms with Crippen LogP contribution < -0.4 is 15.1 Å². The van der Waals surface area contributed by atoms with Gasteiger partial charge in [-0.05, 0) is 72.4 Å². The number of amides is 1. The number of piperidine rings is 1. The van der Waals surface area contributed by atoms with Crippen molar-refractivity contribution in [2.24, 2.45) is 5.92 Å². The van der Waals surface area contributed by atoms with E-state index in [-0.39, 0.29) is 36.1 Å². The van der Waals surface area contributed by atoms with Gasteiger partial charge in [0, 0.05) is 88.1 Å². The van der Waals surface area contributed by atoms with Crippen molar-refractivity contribution in [1.29, 1.82) is 0 Å². The van der Waals surface area contributed by atoms with Crippen LogP contribution in [0.4, 0.5) is 27.7 Å². The summed E-state index contributed by atoms with van der Waals surface area (Å²) in [5.41, 5.74) is 3.24. The van der Waals surface area contributed by atoms with Crippen molar-refractivity contribution in [2.75, 3.05) is 99.3 Å². The summed E-state index contributed by atoms with van der Waals surface area (Å²) in [6, 6.07) is 5.92. The van der Waals surface area contributed by atoms with Crippen LogP contribution in [0.25, 0.3) is 10.8 Å². The van der Waals surface area contributed by atoms with E-state index in [4.69, 9.17) is 19.4 Å². The van der Waals surface area contributed by atoms with Gasteiger partial charge in [-0.25, -0.2) is 22.8 Å². The number of morpholine rings is 1. The average Bonchev–Trinajstić information content (AvgIpc) is 3.64. The van der Waals surface area contributed by atoms with Crippen molar-refractivity contribution in [3.63, 3.8) is 0 Å². The van der Waals surface area contributed by atoms with Gasteiger partial charge >= 0.3 is 0 Å². The number of alkyl halides is 1. The topological polar surface area (TPSA) is 133 Å². The van der Waals surface area contributed by atoms with Crippen LogP contribution in [-0.2, 0) is 24.1 Å². The predicted octanol–water partition coefficient (Wildman–Crippen LogP) is 4.88. The van der Waals surface area contributed by atoms with Crippen molar-refractivity contribution in [3.05, 3.63) is 54.4 Å². The zero-order chi connectivity index (χ0) is 38.7. The lowest BCUT2D eigenvalue weighted by Crippen LogP contribution is -2.49. The number of nitrogens with one attached hydrogen (secondary N) is 1. The number of pyridine rings is 1. The van der Waals surface area contributed by atoms with Gasteiger partial charge in [0.15, 0.2) is 0 Å². The number of hydrogen-bond donors (Lipinski definition) is 1. The third-order valence-electron chi connectivity index (χ3n) is 11.3. The van der Waals surface area contributed by atoms with Gasteiger partial charge in [-0.1, -0.05) is 20.4 Å². The molecule has 1 aromatic carbocycles. The fourth-order valence-electron chi connectivity index (χ4n) is 8.66. The summed E-state index contributed by atoms with van der Waals surface area (Å²) in [6.45, 7) is 15.6. The van der Waals surface area contributed by atoms with Crippen molar-refractivity contribution < 1.29 is 27.1 Å². The van der Waals surface area contributed by atoms with E-state index in [1.807, 2.05) is 22.1 Å². The first kappa shape index (κ1) is 39.3. The van der Waals surface area contributed by atoms with Crippen LogP contribution in [0, 0.1) is 5.92 Å². The zero-order valence-electron chi connectivity index (χ0n) is 32.3. The number of aromatic nitrogens is 3. The van der Waals surface area contributed by atoms with Gasteiger partial charge in [0.05, 0.1) is 37.7 Å². The minimum Gasteiger partial charge on any atom is -0.379 e. The predicted molar refractivity (Wildman–Crippen MR) is 214 cm³/mol. The Morgan fingerprint density at radius 3 is 2.60 bits per heavy atom. The molecular formula is C40H55FN8O5S. The normalized spacial score (nSPS) is 22.7. The van der Waals surface area contributed by atoms with Gasteiger partial charge in [-0.2, -0.15) is 4.98 Å². The van der Waals surface area contributed by atoms with Gasteiger partial charge in [0.2, 0.25) is 11.9 Å². The molecule has 3 atom stereocenters. The van der Waals surface area contributed by atoms with Crippen LogP contribution in [0.3, 0.4) is 0 Å². The maximum Gasteiger partial charge on any atom is 0.246 e. The maximum absolute atomic E-state index is 15.4. The number of halogens is 1. The third-order valence-corrected chi connectivity index (χ3v) is 12.4. The molecule has 2 aromatic heterocycles. The molecule has 4 aliphatic heterocycles. The van der Waals surface area contributed by atoms with Crippen LogP contribution in [0.2, 0.25) is 0 Å². The number of carbonyl (C=O) groups is 1. The van der Waals surface area contributed by atoms with Gasteiger partial charge < -0.3 is 29.5 Å². The molecule has 4 saturated heterocycles. The fourth-order valence-corrected chi connectivity index (χ4v) is 9.73. The molecule has 1 amide bonds. The van der Waals surface area contributed by atoms with E-state index in [1.54, 1.807) is 12.3 Å². The molecule has 0 unspecified atom stereocenters. The van der Waals surface area contributed by atoms with E-state index < -0.39 is 22.1 Å². The van der Waals surface area contributed by atoms with E-state index in [0.717, 1.165) is 79.7 Å². The number of fused-ring (bicyclic) bond motifs is 1. The summed E-state index contributed by atoms with van der Waals surface area (Å²) >= 11 is 0. The lowest BCUT2D eigenvalue weighted by Gasteiger charge is -2.42. The number of anilines is 4. The van der Waals surface area contributed by atoms with Crippen LogP contribution in [-0.4, -0.2) is 136 Å². The second kappa shape index (κ2) is 17.1. The molecule has 0 saturated carbocycles. The molecule has 298 valence electrons. The number of benzene rings is 1. The van der Waals surface area contributed by atoms with Gasteiger partial charge in [-0.15, -0.1) is 0 Å². The quantitative estimate of drug-likeness (QED) is 0.177. The van der Waals surface area contributed by atoms with Gasteiger partial charge in [0.25, 0.3) is 0 Å². The summed E-state index contributed by atoms with van der Waals surface area (Å²) in [5.74, 6) is 1.85. The summed E-state index contributed by atoms with van der Waals surface area (Å²) in [6.07, 6.45) is 7.79. The standard InChI is InChI=1S/C40H55FN8O5S/c1-5-38(50)49-13-6-8-33(49)30-20-34(48-23-28(24-48)26-55(4,51)52)31-22-43-37(21-29(31)39(30)27(2)3)44-36-9-11-42-40(45-36)47-14-10-35(32(41)25-47)54-17-7-12-46-15-18-53-19-16-46/h5,9,11,20-22,27-28,32-33,35H,1,6-8,10,12-19,23-26H2,2-4H3,(H,42,43,44,45)/t32-,33+,35+/m0/s1. The van der Waals surface area contributed by atoms with E-state index in [9.17, 15) is 13.2 Å². The Morgan fingerprint density at radius 1 is 1.07 bits per heavy atom. The van der Waals surface area contributed by atoms with E-state index >= 15 is 4.39 Å². The fraction of sp³-hybridized carbons (Fsp3) is 0.600. The van der Waals surface area contributed by atoms with Crippen molar-refractivity contribution >= 4 is 49.8 Å². The molecule has 15 heteroatoms. The molecule has 6 heterocycles. The molecule has 13 nitrogen and oxygen atoms in total. The summed E-state index contributed by atoms with van der Waals surface area (Å²) in [7, 11) is -3.09. The second-order valence-electron chi connectivity index (χ2n) is 15.8. The number of likely N-dealkylation sites (tertiary alicyclic amines) is 1. The Bertz CT molecular complexity index is 1950. The van der Waals surface area contributed by atoms with E-state index in [1.165, 1.54) is 12.3 Å². The van der Waals surface area contributed by atoms with E-state index in [2.05, 4.69) is 46.6 Å². The Balaban J connectivity index is 1.10. The average molecular weight is 779 g/mol. The second-order valence-corrected chi connectivity index (χ2v) is 17.9. The lowest BCUT2D eigenvalue weighted by molar-refractivity contribution is -0.126. The SMILES string of the molecule is C=CC(=O)N1CCC[C@@H]1c1cc(N2CC(CS(C)(=O)=O)C2)c2cnc(Nc3ccnc(N4CC[C@@H](OCCCN5CCOCC5)[C@@H](F)C4)n3)cc2c1C(C)C. The molecule has 1 N–H and O–H groups in total. The first-order valence-electron chi connectivity index (χ1n) is 19.7. The van der Waals surface area contributed by atoms with Crippen LogP contribution >= 0.6 is 0 Å². The van der Waals surface area contributed by atoms with Crippen molar-refractivity contribution in [3.8, 4) is 0 Å². The monoisotopic (exact) mass is 778 g/mol. The molecule has 0 bridgehead atoms. The minimum absolute atomic E-state index is 0.0565. The molecule has 55 heavy (non-hydrogen) atoms. The molecule has 0 aliphatic carbocycles. The smallest absolute Gasteiger partial charge is 0.246 e. The Morgan fingerprint density at radius 2 is 1.87 bits per heavy atom. The van der Waals surface area contributed by atoms with Crippen LogP contribution in [0.1, 0.15) is 62.6 Å². The molecule has 3 aromatic rings. The molecule has 4 fully saturated rings. The molecule has 0 radical (unpaired) electrons. The summed E-state index contributed by atoms with van der Waals surface area (Å²) in [4.78, 5) is 35.5. The number of sulfone groups is 1. The lowest BCUT2D eigenvalue weighted by atomic mass is 9.85. The van der Waals surface area contributed by atoms with Crippen LogP contribution in [0.15, 0.2) is 43.2 Å². The minimum atomic E-state index is -3.09. The molecular weight excluding hydrogens is 724 g/mol. The molecule has 7 rings (SSSR count). The first-order chi connectivity index (χ1) is 26.5. The first-order valence-corrected chi connectivity index (χ1v) is 21.8. The van der Waals surface area contributed by atoms with Gasteiger partial charge in [0.1, 0.15) is 27.6 Å². The highest BCUT2D eigenvalue weighted by atomic mass is 32.2. The maximum atomic E-state index is 15.4. The highest BCUT2D eigenvalue weighted by Crippen LogP contribution is 2.45. The summed E-state index contributed by atoms with van der Waals surface area (Å²) < 4.78 is 50.9. The van der Waals surface area contributed by atoms with Crippen molar-refractivity contribution in [2.45, 2.75) is 63.8 Å². The zero-order valence-corrected chi connectivity index (χ0v) is 33.1. The largest absolute Gasteiger partial charge is 0.379 e. The van der Waals surface area contributed by atoms with Gasteiger partial charge in [-0.3, -0.25) is 9.69 Å². The Hall–Kier alpha value is -3.92. The third kappa shape index (κ3) is 9.22. The number of carbonyl (C=O) groups excluding carboxylic acids is 1. The Labute approximate surface area is 324 Å². The summed E-state index contributed by atoms with van der Waals surface area (Å²) in [5, 5.41) is 5.37.